The summed E-state index contributed by atoms with van der Waals surface area (Å²) in [7, 11) is 2.18. The molecule has 0 spiro atoms. The third-order valence-electron chi connectivity index (χ3n) is 4.42. The number of imidazole rings is 1. The Morgan fingerprint density at radius 1 is 1.38 bits per heavy atom. The minimum atomic E-state index is -0.237. The molecule has 0 N–H and O–H groups in total. The van der Waals surface area contributed by atoms with Crippen LogP contribution in [-0.4, -0.2) is 40.0 Å². The molecule has 1 atom stereocenters. The van der Waals surface area contributed by atoms with Gasteiger partial charge in [-0.05, 0) is 38.6 Å². The molecule has 2 heterocycles. The van der Waals surface area contributed by atoms with Crippen molar-refractivity contribution in [2.24, 2.45) is 0 Å². The summed E-state index contributed by atoms with van der Waals surface area (Å²) in [5, 5.41) is 0. The van der Waals surface area contributed by atoms with Crippen molar-refractivity contribution in [1.29, 1.82) is 0 Å². The van der Waals surface area contributed by atoms with Gasteiger partial charge in [-0.1, -0.05) is 6.42 Å². The smallest absolute Gasteiger partial charge is 0.125 e. The van der Waals surface area contributed by atoms with E-state index in [1.807, 2.05) is 6.07 Å². The lowest BCUT2D eigenvalue weighted by molar-refractivity contribution is 0.167. The van der Waals surface area contributed by atoms with Crippen LogP contribution in [0.3, 0.4) is 0 Å². The summed E-state index contributed by atoms with van der Waals surface area (Å²) in [5.41, 5.74) is 1.74. The molecule has 1 aromatic carbocycles. The highest BCUT2D eigenvalue weighted by Crippen LogP contribution is 2.23. The van der Waals surface area contributed by atoms with Crippen molar-refractivity contribution in [1.82, 2.24) is 14.5 Å². The van der Waals surface area contributed by atoms with Gasteiger partial charge in [0.25, 0.3) is 0 Å². The summed E-state index contributed by atoms with van der Waals surface area (Å²) < 4.78 is 15.6. The van der Waals surface area contributed by atoms with Gasteiger partial charge in [0, 0.05) is 31.0 Å². The quantitative estimate of drug-likeness (QED) is 0.807. The maximum atomic E-state index is 13.4. The van der Waals surface area contributed by atoms with E-state index in [0.717, 1.165) is 29.9 Å². The first-order chi connectivity index (χ1) is 10.2. The first-order valence-corrected chi connectivity index (χ1v) is 8.13. The summed E-state index contributed by atoms with van der Waals surface area (Å²) in [5.74, 6) is 1.26. The topological polar surface area (TPSA) is 21.1 Å². The highest BCUT2D eigenvalue weighted by molar-refractivity contribution is 6.17. The first kappa shape index (κ1) is 14.8. The third kappa shape index (κ3) is 3.06. The van der Waals surface area contributed by atoms with Crippen LogP contribution in [0.4, 0.5) is 4.39 Å². The van der Waals surface area contributed by atoms with Gasteiger partial charge in [-0.15, -0.1) is 11.6 Å². The van der Waals surface area contributed by atoms with Crippen molar-refractivity contribution in [3.63, 3.8) is 0 Å². The summed E-state index contributed by atoms with van der Waals surface area (Å²) in [6.45, 7) is 2.06. The third-order valence-corrected chi connectivity index (χ3v) is 4.61. The number of hydrogen-bond donors (Lipinski definition) is 0. The molecule has 0 saturated carbocycles. The largest absolute Gasteiger partial charge is 0.326 e. The second kappa shape index (κ2) is 6.32. The minimum Gasteiger partial charge on any atom is -0.326 e. The molecule has 0 radical (unpaired) electrons. The zero-order valence-corrected chi connectivity index (χ0v) is 13.1. The van der Waals surface area contributed by atoms with Gasteiger partial charge < -0.3 is 9.47 Å². The Labute approximate surface area is 129 Å². The van der Waals surface area contributed by atoms with Crippen LogP contribution in [0.25, 0.3) is 11.0 Å². The predicted octanol–water partition coefficient (Wildman–Crippen LogP) is 3.44. The molecule has 1 aliphatic rings. The lowest BCUT2D eigenvalue weighted by Crippen LogP contribution is -2.39. The van der Waals surface area contributed by atoms with Crippen molar-refractivity contribution in [2.75, 3.05) is 19.5 Å². The van der Waals surface area contributed by atoms with Crippen molar-refractivity contribution in [2.45, 2.75) is 38.3 Å². The number of halogens is 2. The van der Waals surface area contributed by atoms with Gasteiger partial charge >= 0.3 is 0 Å². The number of likely N-dealkylation sites (tertiary alicyclic amines) is 1. The molecule has 1 fully saturated rings. The van der Waals surface area contributed by atoms with E-state index in [9.17, 15) is 4.39 Å². The van der Waals surface area contributed by atoms with Crippen molar-refractivity contribution < 1.29 is 4.39 Å². The normalized spacial score (nSPS) is 20.2. The Morgan fingerprint density at radius 2 is 2.24 bits per heavy atom. The molecule has 2 aromatic rings. The van der Waals surface area contributed by atoms with E-state index in [4.69, 9.17) is 11.6 Å². The van der Waals surface area contributed by atoms with Crippen LogP contribution in [0.2, 0.25) is 0 Å². The van der Waals surface area contributed by atoms with Crippen molar-refractivity contribution >= 4 is 22.6 Å². The number of aromatic nitrogens is 2. The molecule has 3 nitrogen and oxygen atoms in total. The van der Waals surface area contributed by atoms with E-state index in [-0.39, 0.29) is 5.82 Å². The van der Waals surface area contributed by atoms with Gasteiger partial charge in [0.15, 0.2) is 0 Å². The van der Waals surface area contributed by atoms with E-state index in [1.165, 1.54) is 31.4 Å². The molecular formula is C16H21ClFN3. The lowest BCUT2D eigenvalue weighted by Gasteiger charge is -2.33. The van der Waals surface area contributed by atoms with Gasteiger partial charge in [0.2, 0.25) is 0 Å². The molecule has 0 bridgehead atoms. The molecule has 1 unspecified atom stereocenters. The number of aryl methyl sites for hydroxylation is 1. The maximum absolute atomic E-state index is 13.4. The van der Waals surface area contributed by atoms with E-state index < -0.39 is 0 Å². The molecule has 3 rings (SSSR count). The summed E-state index contributed by atoms with van der Waals surface area (Å²) in [4.78, 5) is 6.99. The summed E-state index contributed by atoms with van der Waals surface area (Å²) in [6, 6.07) is 5.37. The Kier molecular flexibility index (Phi) is 4.45. The predicted molar refractivity (Wildman–Crippen MR) is 84.4 cm³/mol. The number of fused-ring (bicyclic) bond motifs is 1. The monoisotopic (exact) mass is 309 g/mol. The fourth-order valence-electron chi connectivity index (χ4n) is 3.22. The van der Waals surface area contributed by atoms with E-state index >= 15 is 0 Å². The summed E-state index contributed by atoms with van der Waals surface area (Å²) >= 11 is 5.90. The number of hydrogen-bond acceptors (Lipinski definition) is 2. The van der Waals surface area contributed by atoms with Crippen LogP contribution in [-0.2, 0) is 13.0 Å². The number of alkyl halides is 1. The second-order valence-corrected chi connectivity index (χ2v) is 6.22. The summed E-state index contributed by atoms with van der Waals surface area (Å²) in [6.07, 6.45) is 4.48. The molecule has 1 saturated heterocycles. The molecule has 1 aliphatic heterocycles. The molecule has 114 valence electrons. The Bertz CT molecular complexity index is 625. The van der Waals surface area contributed by atoms with Gasteiger partial charge in [0.1, 0.15) is 11.6 Å². The fraction of sp³-hybridized carbons (Fsp3) is 0.562. The van der Waals surface area contributed by atoms with Gasteiger partial charge in [0.05, 0.1) is 11.0 Å². The Hall–Kier alpha value is -1.13. The number of piperidine rings is 1. The Balaban J connectivity index is 1.96. The lowest BCUT2D eigenvalue weighted by atomic mass is 10.0. The standard InChI is InChI=1S/C16H21ClFN3/c1-20-9-3-2-4-13(20)11-21-15-6-5-12(18)10-14(15)19-16(21)7-8-17/h5-6,10,13H,2-4,7-9,11H2,1H3. The van der Waals surface area contributed by atoms with Gasteiger partial charge in [-0.2, -0.15) is 0 Å². The highest BCUT2D eigenvalue weighted by atomic mass is 35.5. The zero-order valence-electron chi connectivity index (χ0n) is 12.4. The van der Waals surface area contributed by atoms with Crippen molar-refractivity contribution in [3.05, 3.63) is 29.8 Å². The van der Waals surface area contributed by atoms with Crippen molar-refractivity contribution in [3.8, 4) is 0 Å². The molecular weight excluding hydrogens is 289 g/mol. The first-order valence-electron chi connectivity index (χ1n) is 7.60. The van der Waals surface area contributed by atoms with Crippen LogP contribution in [0.15, 0.2) is 18.2 Å². The molecule has 1 aromatic heterocycles. The average Bonchev–Trinajstić information content (AvgIpc) is 2.79. The van der Waals surface area contributed by atoms with E-state index in [1.54, 1.807) is 0 Å². The minimum absolute atomic E-state index is 0.237. The van der Waals surface area contributed by atoms with Crippen LogP contribution >= 0.6 is 11.6 Å². The zero-order chi connectivity index (χ0) is 14.8. The maximum Gasteiger partial charge on any atom is 0.125 e. The number of nitrogens with zero attached hydrogens (tertiary/aromatic N) is 3. The second-order valence-electron chi connectivity index (χ2n) is 5.84. The SMILES string of the molecule is CN1CCCCC1Cn1c(CCCl)nc2cc(F)ccc21. The average molecular weight is 310 g/mol. The Morgan fingerprint density at radius 3 is 3.00 bits per heavy atom. The number of rotatable bonds is 4. The van der Waals surface area contributed by atoms with Crippen LogP contribution in [0.1, 0.15) is 25.1 Å². The van der Waals surface area contributed by atoms with Gasteiger partial charge in [-0.3, -0.25) is 0 Å². The van der Waals surface area contributed by atoms with Gasteiger partial charge in [-0.25, -0.2) is 9.37 Å². The highest BCUT2D eigenvalue weighted by Gasteiger charge is 2.21. The van der Waals surface area contributed by atoms with Crippen LogP contribution in [0, 0.1) is 5.82 Å². The molecule has 5 heteroatoms. The molecule has 0 amide bonds. The number of likely N-dealkylation sites (N-methyl/N-ethyl adjacent to an activating group) is 1. The number of benzene rings is 1. The molecule has 0 aliphatic carbocycles. The van der Waals surface area contributed by atoms with E-state index in [0.29, 0.717) is 18.3 Å². The molecule has 21 heavy (non-hydrogen) atoms. The fourth-order valence-corrected chi connectivity index (χ4v) is 3.39. The van der Waals surface area contributed by atoms with Crippen LogP contribution in [0.5, 0.6) is 0 Å². The van der Waals surface area contributed by atoms with E-state index in [2.05, 4.69) is 21.5 Å². The van der Waals surface area contributed by atoms with Crippen LogP contribution < -0.4 is 0 Å².